The molecule has 3 aromatic rings. The zero-order valence-corrected chi connectivity index (χ0v) is 22.9. The Bertz CT molecular complexity index is 1420. The number of aryl methyl sites for hydroxylation is 1. The molecule has 0 aromatic heterocycles. The predicted octanol–water partition coefficient (Wildman–Crippen LogP) is 4.62. The van der Waals surface area contributed by atoms with Crippen LogP contribution in [0.5, 0.6) is 0 Å². The highest BCUT2D eigenvalue weighted by Crippen LogP contribution is 2.42. The smallest absolute Gasteiger partial charge is 0.325 e. The van der Waals surface area contributed by atoms with E-state index in [0.717, 1.165) is 71.0 Å². The van der Waals surface area contributed by atoms with E-state index in [0.29, 0.717) is 23.2 Å². The Morgan fingerprint density at radius 1 is 1.03 bits per heavy atom. The molecule has 5 rings (SSSR count). The summed E-state index contributed by atoms with van der Waals surface area (Å²) in [4.78, 5) is 49.0. The first-order chi connectivity index (χ1) is 18.2. The summed E-state index contributed by atoms with van der Waals surface area (Å²) in [5.74, 6) is -0.902. The summed E-state index contributed by atoms with van der Waals surface area (Å²) < 4.78 is 0.795. The van der Waals surface area contributed by atoms with Gasteiger partial charge in [-0.05, 0) is 49.1 Å². The average Bonchev–Trinajstić information content (AvgIpc) is 2.87. The molecule has 9 heteroatoms. The van der Waals surface area contributed by atoms with Crippen molar-refractivity contribution in [3.63, 3.8) is 0 Å². The van der Waals surface area contributed by atoms with Crippen molar-refractivity contribution < 1.29 is 23.7 Å². The maximum Gasteiger partial charge on any atom is 0.325 e. The third-order valence-electron chi connectivity index (χ3n) is 7.35. The Labute approximate surface area is 228 Å². The Balaban J connectivity index is 1.37. The molecule has 0 saturated carbocycles. The van der Waals surface area contributed by atoms with E-state index < -0.39 is 0 Å². The molecule has 0 radical (unpaired) electrons. The van der Waals surface area contributed by atoms with Crippen molar-refractivity contribution in [2.45, 2.75) is 38.6 Å². The first kappa shape index (κ1) is 26.2. The molecule has 3 aromatic carbocycles. The summed E-state index contributed by atoms with van der Waals surface area (Å²) in [6.07, 6.45) is 3.74. The monoisotopic (exact) mass is 533 g/mol. The number of nitrogens with zero attached hydrogens (tertiary/aromatic N) is 3. The number of nitrogens with one attached hydrogen (secondary N) is 1. The number of rotatable bonds is 8. The standard InChI is InChI=1S/C29H33N4O4S/c1-31-18-33(2,3)17-20-16-24-26-22(27(20)31)9-7-10-23(26)28(35)32(29(24)36)21-14-12-19(13-15-21)8-5-4-6-11-25(34)37-30-38/h7,9-10,12-16,30,38H,4-6,8,11,17-18H2,1-3H3/q+1. The molecule has 0 atom stereocenters. The van der Waals surface area contributed by atoms with Gasteiger partial charge in [0.05, 0.1) is 25.5 Å². The lowest BCUT2D eigenvalue weighted by molar-refractivity contribution is -0.904. The average molecular weight is 534 g/mol. The third-order valence-corrected chi connectivity index (χ3v) is 7.45. The van der Waals surface area contributed by atoms with Gasteiger partial charge in [-0.25, -0.2) is 4.90 Å². The van der Waals surface area contributed by atoms with Crippen LogP contribution >= 0.6 is 12.8 Å². The maximum atomic E-state index is 13.8. The number of thiol groups is 1. The number of carbonyl (C=O) groups is 3. The highest BCUT2D eigenvalue weighted by Gasteiger charge is 2.38. The molecule has 0 fully saturated rings. The van der Waals surface area contributed by atoms with Gasteiger partial charge in [0.1, 0.15) is 6.54 Å². The van der Waals surface area contributed by atoms with Crippen molar-refractivity contribution in [2.24, 2.45) is 0 Å². The molecule has 0 saturated heterocycles. The Morgan fingerprint density at radius 2 is 1.76 bits per heavy atom. The van der Waals surface area contributed by atoms with Crippen molar-refractivity contribution in [1.29, 1.82) is 0 Å². The number of hydrogen-bond donors (Lipinski definition) is 2. The highest BCUT2D eigenvalue weighted by molar-refractivity contribution is 7.77. The lowest BCUT2D eigenvalue weighted by Gasteiger charge is -2.41. The van der Waals surface area contributed by atoms with Crippen molar-refractivity contribution in [3.8, 4) is 0 Å². The number of fused-ring (bicyclic) bond motifs is 2. The van der Waals surface area contributed by atoms with E-state index in [1.807, 2.05) is 48.5 Å². The number of carbonyl (C=O) groups excluding carboxylic acids is 3. The summed E-state index contributed by atoms with van der Waals surface area (Å²) in [5, 5.41) is 1.71. The molecular weight excluding hydrogens is 500 g/mol. The van der Waals surface area contributed by atoms with Crippen molar-refractivity contribution >= 4 is 52.7 Å². The zero-order valence-electron chi connectivity index (χ0n) is 22.0. The largest absolute Gasteiger partial charge is 0.360 e. The van der Waals surface area contributed by atoms with Gasteiger partial charge in [-0.1, -0.05) is 48.4 Å². The lowest BCUT2D eigenvalue weighted by atomic mass is 9.89. The number of hydrogen-bond acceptors (Lipinski definition) is 7. The van der Waals surface area contributed by atoms with Crippen molar-refractivity contribution in [3.05, 3.63) is 70.8 Å². The number of amides is 2. The molecule has 38 heavy (non-hydrogen) atoms. The van der Waals surface area contributed by atoms with Gasteiger partial charge in [0.25, 0.3) is 11.8 Å². The van der Waals surface area contributed by atoms with E-state index in [1.165, 1.54) is 4.90 Å². The Hall–Kier alpha value is -3.40. The van der Waals surface area contributed by atoms with Crippen molar-refractivity contribution in [1.82, 2.24) is 4.89 Å². The van der Waals surface area contributed by atoms with Crippen LogP contribution < -0.4 is 14.7 Å². The molecule has 198 valence electrons. The third kappa shape index (κ3) is 4.89. The van der Waals surface area contributed by atoms with Gasteiger partial charge < -0.3 is 14.2 Å². The van der Waals surface area contributed by atoms with Crippen LogP contribution in [0, 0.1) is 0 Å². The fourth-order valence-corrected chi connectivity index (χ4v) is 5.96. The minimum Gasteiger partial charge on any atom is -0.360 e. The minimum atomic E-state index is -0.326. The van der Waals surface area contributed by atoms with E-state index in [4.69, 9.17) is 0 Å². The molecule has 2 aliphatic heterocycles. The molecule has 8 nitrogen and oxygen atoms in total. The lowest BCUT2D eigenvalue weighted by Crippen LogP contribution is -2.50. The summed E-state index contributed by atoms with van der Waals surface area (Å²) >= 11 is 3.64. The molecule has 2 heterocycles. The van der Waals surface area contributed by atoms with E-state index in [1.54, 1.807) is 0 Å². The van der Waals surface area contributed by atoms with Crippen LogP contribution in [0.2, 0.25) is 0 Å². The summed E-state index contributed by atoms with van der Waals surface area (Å²) in [6, 6.07) is 15.4. The normalized spacial score (nSPS) is 16.1. The van der Waals surface area contributed by atoms with E-state index in [-0.39, 0.29) is 17.8 Å². The second-order valence-electron chi connectivity index (χ2n) is 10.8. The number of anilines is 2. The first-order valence-electron chi connectivity index (χ1n) is 12.9. The van der Waals surface area contributed by atoms with Crippen LogP contribution in [0.1, 0.15) is 57.5 Å². The van der Waals surface area contributed by atoms with Crippen LogP contribution in [-0.4, -0.2) is 50.1 Å². The summed E-state index contributed by atoms with van der Waals surface area (Å²) in [6.45, 7) is 1.67. The van der Waals surface area contributed by atoms with E-state index in [2.05, 4.69) is 48.6 Å². The van der Waals surface area contributed by atoms with Crippen LogP contribution in [-0.2, 0) is 22.6 Å². The number of quaternary nitrogens is 1. The maximum absolute atomic E-state index is 13.8. The Kier molecular flexibility index (Phi) is 7.17. The van der Waals surface area contributed by atoms with E-state index in [9.17, 15) is 14.4 Å². The number of imide groups is 1. The zero-order chi connectivity index (χ0) is 27.0. The van der Waals surface area contributed by atoms with Crippen LogP contribution in [0.4, 0.5) is 11.4 Å². The summed E-state index contributed by atoms with van der Waals surface area (Å²) in [5.41, 5.74) is 5.06. The van der Waals surface area contributed by atoms with Crippen LogP contribution in [0.25, 0.3) is 10.8 Å². The molecular formula is C29H33N4O4S+. The Morgan fingerprint density at radius 3 is 2.50 bits per heavy atom. The minimum absolute atomic E-state index is 0.282. The fraction of sp³-hybridized carbons (Fsp3) is 0.345. The molecule has 2 aliphatic rings. The molecule has 0 bridgehead atoms. The van der Waals surface area contributed by atoms with Gasteiger partial charge >= 0.3 is 5.97 Å². The van der Waals surface area contributed by atoms with Gasteiger partial charge in [-0.3, -0.25) is 14.4 Å². The second-order valence-corrected chi connectivity index (χ2v) is 11.0. The molecule has 0 aliphatic carbocycles. The summed E-state index contributed by atoms with van der Waals surface area (Å²) in [7, 11) is 6.43. The molecule has 1 N–H and O–H groups in total. The SMILES string of the molecule is CN1C[N+](C)(C)Cc2cc3c4c(cccc4c21)C(=O)N(c1ccc(CCCCCC(=O)ONS)cc1)C3=O. The molecule has 0 spiro atoms. The second kappa shape index (κ2) is 10.4. The first-order valence-corrected chi connectivity index (χ1v) is 13.3. The topological polar surface area (TPSA) is 79.0 Å². The van der Waals surface area contributed by atoms with Gasteiger partial charge in [-0.15, -0.1) is 0 Å². The molecule has 2 amide bonds. The van der Waals surface area contributed by atoms with Crippen LogP contribution in [0.3, 0.4) is 0 Å². The highest BCUT2D eigenvalue weighted by atomic mass is 32.1. The van der Waals surface area contributed by atoms with Gasteiger partial charge in [-0.2, -0.15) is 0 Å². The number of benzene rings is 3. The van der Waals surface area contributed by atoms with Gasteiger partial charge in [0.2, 0.25) is 0 Å². The van der Waals surface area contributed by atoms with Crippen LogP contribution in [0.15, 0.2) is 48.5 Å². The predicted molar refractivity (Wildman–Crippen MR) is 151 cm³/mol. The van der Waals surface area contributed by atoms with Crippen molar-refractivity contribution in [2.75, 3.05) is 37.6 Å². The van der Waals surface area contributed by atoms with Gasteiger partial charge in [0.15, 0.2) is 6.67 Å². The quantitative estimate of drug-likeness (QED) is 0.145. The van der Waals surface area contributed by atoms with E-state index >= 15 is 0 Å². The molecule has 0 unspecified atom stereocenters. The fourth-order valence-electron chi connectivity index (χ4n) is 5.86. The van der Waals surface area contributed by atoms with Gasteiger partial charge in [0, 0.05) is 40.9 Å². The number of unbranched alkanes of at least 4 members (excludes halogenated alkanes) is 2.